The fourth-order valence-corrected chi connectivity index (χ4v) is 7.62. The Morgan fingerprint density at radius 1 is 0.540 bits per heavy atom. The van der Waals surface area contributed by atoms with Crippen LogP contribution in [0.3, 0.4) is 0 Å². The Labute approximate surface area is 289 Å². The normalized spacial score (nSPS) is 15.9. The molecule has 4 heterocycles. The maximum absolute atomic E-state index is 6.94. The number of rotatable bonds is 5. The quantitative estimate of drug-likeness (QED) is 0.186. The first kappa shape index (κ1) is 28.4. The minimum atomic E-state index is 0.0168. The third-order valence-electron chi connectivity index (χ3n) is 9.80. The Hall–Kier alpha value is -6.66. The average Bonchev–Trinajstić information content (AvgIpc) is 3.75. The van der Waals surface area contributed by atoms with Crippen molar-refractivity contribution in [3.05, 3.63) is 175 Å². The summed E-state index contributed by atoms with van der Waals surface area (Å²) in [4.78, 5) is 22.1. The highest BCUT2D eigenvalue weighted by atomic mass is 16.3. The number of pyridine rings is 1. The molecule has 0 bridgehead atoms. The molecule has 1 aliphatic carbocycles. The molecule has 0 amide bonds. The van der Waals surface area contributed by atoms with Crippen LogP contribution in [0.15, 0.2) is 162 Å². The van der Waals surface area contributed by atoms with Crippen LogP contribution in [0, 0.1) is 0 Å². The molecule has 2 aliphatic rings. The summed E-state index contributed by atoms with van der Waals surface area (Å²) in [6.45, 7) is 0. The Balaban J connectivity index is 1.26. The highest BCUT2D eigenvalue weighted by molar-refractivity contribution is 6.06. The van der Waals surface area contributed by atoms with Gasteiger partial charge in [0.25, 0.3) is 0 Å². The monoisotopic (exact) mass is 643 g/mol. The summed E-state index contributed by atoms with van der Waals surface area (Å²) in [5.74, 6) is 2.72. The molecule has 0 fully saturated rings. The summed E-state index contributed by atoms with van der Waals surface area (Å²) in [7, 11) is 0. The number of fused-ring (bicyclic) bond motifs is 7. The molecule has 10 rings (SSSR count). The average molecular weight is 644 g/mol. The molecule has 2 atom stereocenters. The van der Waals surface area contributed by atoms with Gasteiger partial charge in [0.15, 0.2) is 17.5 Å². The van der Waals surface area contributed by atoms with Gasteiger partial charge in [-0.05, 0) is 59.7 Å². The van der Waals surface area contributed by atoms with Crippen LogP contribution in [0.5, 0.6) is 0 Å². The molecule has 3 aromatic heterocycles. The third-order valence-corrected chi connectivity index (χ3v) is 9.80. The van der Waals surface area contributed by atoms with Crippen LogP contribution >= 0.6 is 0 Å². The van der Waals surface area contributed by atoms with Crippen LogP contribution in [-0.4, -0.2) is 26.0 Å². The number of benzene rings is 5. The van der Waals surface area contributed by atoms with Gasteiger partial charge in [-0.1, -0.05) is 103 Å². The number of anilines is 2. The molecule has 0 spiro atoms. The van der Waals surface area contributed by atoms with Crippen molar-refractivity contribution in [2.45, 2.75) is 12.0 Å². The van der Waals surface area contributed by atoms with Gasteiger partial charge in [-0.3, -0.25) is 4.98 Å². The summed E-state index contributed by atoms with van der Waals surface area (Å²) < 4.78 is 6.94. The van der Waals surface area contributed by atoms with Crippen molar-refractivity contribution in [1.29, 1.82) is 0 Å². The van der Waals surface area contributed by atoms with E-state index in [4.69, 9.17) is 19.4 Å². The first-order chi connectivity index (χ1) is 24.8. The number of para-hydroxylation sites is 2. The molecular weight excluding hydrogens is 615 g/mol. The predicted octanol–water partition coefficient (Wildman–Crippen LogP) is 10.4. The van der Waals surface area contributed by atoms with E-state index in [-0.39, 0.29) is 12.0 Å². The second kappa shape index (κ2) is 11.5. The molecule has 8 aromatic rings. The standard InChI is InChI=1S/C44H29N5O/c1-4-12-29(13-5-1)42-46-43(30-14-6-2-7-15-30)48-44(47-42)34-21-20-32(28-24-26-45-27-25-28)41-39(34)40-37(50-41)23-22-36-38(40)33-18-10-11-19-35(33)49(36)31-16-8-3-9-17-31/h1-27,36,38H. The van der Waals surface area contributed by atoms with Gasteiger partial charge in [0, 0.05) is 62.9 Å². The van der Waals surface area contributed by atoms with Gasteiger partial charge in [0.05, 0.1) is 6.04 Å². The van der Waals surface area contributed by atoms with E-state index in [0.29, 0.717) is 17.5 Å². The van der Waals surface area contributed by atoms with E-state index in [1.165, 1.54) is 11.3 Å². The number of furan rings is 1. The van der Waals surface area contributed by atoms with Gasteiger partial charge >= 0.3 is 0 Å². The van der Waals surface area contributed by atoms with Crippen molar-refractivity contribution >= 4 is 28.4 Å². The van der Waals surface area contributed by atoms with Crippen molar-refractivity contribution in [1.82, 2.24) is 19.9 Å². The lowest BCUT2D eigenvalue weighted by atomic mass is 9.81. The molecule has 0 saturated heterocycles. The van der Waals surface area contributed by atoms with Gasteiger partial charge < -0.3 is 9.32 Å². The first-order valence-corrected chi connectivity index (χ1v) is 16.8. The van der Waals surface area contributed by atoms with Gasteiger partial charge in [0.2, 0.25) is 0 Å². The molecule has 0 N–H and O–H groups in total. The molecule has 0 saturated carbocycles. The lowest BCUT2D eigenvalue weighted by Crippen LogP contribution is -2.30. The molecule has 6 heteroatoms. The lowest BCUT2D eigenvalue weighted by molar-refractivity contribution is 0.585. The van der Waals surface area contributed by atoms with Gasteiger partial charge in [-0.2, -0.15) is 0 Å². The van der Waals surface area contributed by atoms with Crippen LogP contribution in [0.4, 0.5) is 11.4 Å². The summed E-state index contributed by atoms with van der Waals surface area (Å²) in [5, 5.41) is 1.02. The fourth-order valence-electron chi connectivity index (χ4n) is 7.62. The first-order valence-electron chi connectivity index (χ1n) is 16.8. The zero-order valence-corrected chi connectivity index (χ0v) is 26.9. The number of aromatic nitrogens is 4. The molecule has 50 heavy (non-hydrogen) atoms. The molecule has 0 radical (unpaired) electrons. The topological polar surface area (TPSA) is 67.9 Å². The van der Waals surface area contributed by atoms with E-state index in [9.17, 15) is 0 Å². The highest BCUT2D eigenvalue weighted by Crippen LogP contribution is 2.55. The van der Waals surface area contributed by atoms with Crippen LogP contribution in [0.2, 0.25) is 0 Å². The molecular formula is C44H29N5O. The van der Waals surface area contributed by atoms with Crippen LogP contribution in [-0.2, 0) is 0 Å². The van der Waals surface area contributed by atoms with Crippen molar-refractivity contribution in [3.63, 3.8) is 0 Å². The van der Waals surface area contributed by atoms with E-state index in [2.05, 4.69) is 88.8 Å². The second-order valence-corrected chi connectivity index (χ2v) is 12.6. The second-order valence-electron chi connectivity index (χ2n) is 12.6. The summed E-state index contributed by atoms with van der Waals surface area (Å²) in [6, 6.07) is 48.0. The van der Waals surface area contributed by atoms with Crippen LogP contribution in [0.25, 0.3) is 62.3 Å². The summed E-state index contributed by atoms with van der Waals surface area (Å²) >= 11 is 0. The SMILES string of the molecule is C1=CC2C(c3ccccc3N2c2ccccc2)c2c1oc1c(-c3ccncc3)ccc(-c3nc(-c4ccccc4)nc(-c4ccccc4)n3)c21. The minimum Gasteiger partial charge on any atom is -0.456 e. The van der Waals surface area contributed by atoms with E-state index in [1.807, 2.05) is 85.2 Å². The molecule has 2 unspecified atom stereocenters. The molecule has 6 nitrogen and oxygen atoms in total. The van der Waals surface area contributed by atoms with E-state index < -0.39 is 0 Å². The van der Waals surface area contributed by atoms with Gasteiger partial charge in [0.1, 0.15) is 11.3 Å². The summed E-state index contributed by atoms with van der Waals surface area (Å²) in [5.41, 5.74) is 10.4. The van der Waals surface area contributed by atoms with E-state index in [0.717, 1.165) is 55.8 Å². The molecule has 1 aliphatic heterocycles. The van der Waals surface area contributed by atoms with Crippen LogP contribution in [0.1, 0.15) is 22.8 Å². The van der Waals surface area contributed by atoms with Crippen molar-refractivity contribution in [2.75, 3.05) is 4.90 Å². The Morgan fingerprint density at radius 2 is 1.14 bits per heavy atom. The van der Waals surface area contributed by atoms with E-state index in [1.54, 1.807) is 0 Å². The fraction of sp³-hybridized carbons (Fsp3) is 0.0455. The number of nitrogens with zero attached hydrogens (tertiary/aromatic N) is 5. The summed E-state index contributed by atoms with van der Waals surface area (Å²) in [6.07, 6.45) is 8.08. The number of hydrogen-bond donors (Lipinski definition) is 0. The Bertz CT molecular complexity index is 2490. The zero-order chi connectivity index (χ0) is 33.0. The Morgan fingerprint density at radius 3 is 1.84 bits per heavy atom. The maximum Gasteiger partial charge on any atom is 0.164 e. The largest absolute Gasteiger partial charge is 0.456 e. The predicted molar refractivity (Wildman–Crippen MR) is 199 cm³/mol. The van der Waals surface area contributed by atoms with Crippen LogP contribution < -0.4 is 4.90 Å². The molecule has 5 aromatic carbocycles. The van der Waals surface area contributed by atoms with Gasteiger partial charge in [-0.25, -0.2) is 15.0 Å². The minimum absolute atomic E-state index is 0.0168. The highest BCUT2D eigenvalue weighted by Gasteiger charge is 2.44. The Kier molecular flexibility index (Phi) is 6.52. The van der Waals surface area contributed by atoms with Crippen molar-refractivity contribution in [3.8, 4) is 45.3 Å². The van der Waals surface area contributed by atoms with E-state index >= 15 is 0 Å². The van der Waals surface area contributed by atoms with Gasteiger partial charge in [-0.15, -0.1) is 0 Å². The van der Waals surface area contributed by atoms with Crippen molar-refractivity contribution < 1.29 is 4.42 Å². The lowest BCUT2D eigenvalue weighted by Gasteiger charge is -2.30. The van der Waals surface area contributed by atoms with Crippen molar-refractivity contribution in [2.24, 2.45) is 0 Å². The smallest absolute Gasteiger partial charge is 0.164 e. The molecule has 236 valence electrons. The third kappa shape index (κ3) is 4.49. The maximum atomic E-state index is 6.94. The number of hydrogen-bond acceptors (Lipinski definition) is 6. The zero-order valence-electron chi connectivity index (χ0n) is 26.9.